The number of Topliss-reactive ketones (excluding diaryl/α,β-unsaturated/α-hetero) is 1. The maximum atomic E-state index is 15.0. The second kappa shape index (κ2) is 11.1. The highest BCUT2D eigenvalue weighted by Gasteiger charge is 2.44. The Bertz CT molecular complexity index is 1320. The van der Waals surface area contributed by atoms with Crippen LogP contribution in [-0.4, -0.2) is 37.0 Å². The number of dihydropyridines is 1. The highest BCUT2D eigenvalue weighted by Crippen LogP contribution is 2.43. The number of ketones is 1. The Morgan fingerprint density at radius 3 is 2.16 bits per heavy atom. The molecule has 0 bridgehead atoms. The quantitative estimate of drug-likeness (QED) is 0.234. The van der Waals surface area contributed by atoms with E-state index in [0.717, 1.165) is 0 Å². The van der Waals surface area contributed by atoms with Crippen LogP contribution >= 0.6 is 12.4 Å². The molecule has 2 aromatic rings. The zero-order valence-corrected chi connectivity index (χ0v) is 21.3. The molecule has 0 saturated heterocycles. The van der Waals surface area contributed by atoms with Crippen LogP contribution < -0.4 is 15.4 Å². The van der Waals surface area contributed by atoms with Crippen molar-refractivity contribution in [2.24, 2.45) is 0 Å². The fraction of sp³-hybridized carbons (Fsp3) is 0.308. The minimum absolute atomic E-state index is 0. The van der Waals surface area contributed by atoms with Gasteiger partial charge in [-0.1, -0.05) is 18.2 Å². The fourth-order valence-electron chi connectivity index (χ4n) is 4.35. The van der Waals surface area contributed by atoms with Crippen LogP contribution in [0.1, 0.15) is 32.3 Å². The second-order valence-electron chi connectivity index (χ2n) is 9.25. The summed E-state index contributed by atoms with van der Waals surface area (Å²) in [5.74, 6) is -14.1. The van der Waals surface area contributed by atoms with Gasteiger partial charge in [0.1, 0.15) is 18.0 Å². The predicted molar refractivity (Wildman–Crippen MR) is 129 cm³/mol. The monoisotopic (exact) mass is 558 g/mol. The van der Waals surface area contributed by atoms with Crippen molar-refractivity contribution in [2.75, 3.05) is 19.7 Å². The van der Waals surface area contributed by atoms with Crippen molar-refractivity contribution in [3.63, 3.8) is 0 Å². The summed E-state index contributed by atoms with van der Waals surface area (Å²) in [5, 5.41) is 5.61. The zero-order valence-electron chi connectivity index (χ0n) is 20.5. The van der Waals surface area contributed by atoms with Gasteiger partial charge in [-0.25, -0.2) is 26.7 Å². The molecule has 0 spiro atoms. The molecular formula is C26H24ClF5N2O4. The fourth-order valence-corrected chi connectivity index (χ4v) is 4.35. The van der Waals surface area contributed by atoms with Crippen LogP contribution in [0.25, 0.3) is 0 Å². The molecule has 1 unspecified atom stereocenters. The predicted octanol–water partition coefficient (Wildman–Crippen LogP) is 4.59. The van der Waals surface area contributed by atoms with Gasteiger partial charge in [0.25, 0.3) is 0 Å². The lowest BCUT2D eigenvalue weighted by atomic mass is 9.77. The molecule has 1 atom stereocenters. The molecule has 2 aliphatic rings. The van der Waals surface area contributed by atoms with Gasteiger partial charge in [-0.2, -0.15) is 0 Å². The number of benzene rings is 2. The molecule has 2 aliphatic heterocycles. The zero-order chi connectivity index (χ0) is 27.1. The summed E-state index contributed by atoms with van der Waals surface area (Å²) < 4.78 is 83.3. The Morgan fingerprint density at radius 2 is 1.55 bits per heavy atom. The molecule has 38 heavy (non-hydrogen) atoms. The van der Waals surface area contributed by atoms with Gasteiger partial charge < -0.3 is 20.1 Å². The lowest BCUT2D eigenvalue weighted by Crippen LogP contribution is -2.44. The SMILES string of the molecule is CC1=C(C(=O)OCC(C)(C)Oc2ccccc2)C(c2c(F)c(F)c(F)c(F)c2F)C2=C(CNCC2=O)N1.Cl. The van der Waals surface area contributed by atoms with E-state index in [1.54, 1.807) is 44.2 Å². The summed E-state index contributed by atoms with van der Waals surface area (Å²) in [7, 11) is 0. The Kier molecular flexibility index (Phi) is 8.52. The lowest BCUT2D eigenvalue weighted by Gasteiger charge is -2.35. The summed E-state index contributed by atoms with van der Waals surface area (Å²) in [4.78, 5) is 26.1. The normalized spacial score (nSPS) is 17.5. The van der Waals surface area contributed by atoms with Gasteiger partial charge in [0.05, 0.1) is 18.0 Å². The molecule has 204 valence electrons. The Balaban J connectivity index is 0.00000400. The van der Waals surface area contributed by atoms with Crippen molar-refractivity contribution in [2.45, 2.75) is 32.3 Å². The number of carbonyl (C=O) groups excluding carboxylic acids is 2. The van der Waals surface area contributed by atoms with Crippen LogP contribution in [0.15, 0.2) is 52.9 Å². The number of para-hydroxylation sites is 1. The van der Waals surface area contributed by atoms with E-state index in [0.29, 0.717) is 5.75 Å². The van der Waals surface area contributed by atoms with Crippen molar-refractivity contribution >= 4 is 24.2 Å². The number of nitrogens with one attached hydrogen (secondary N) is 2. The molecule has 2 heterocycles. The summed E-state index contributed by atoms with van der Waals surface area (Å²) in [6.45, 7) is 4.10. The summed E-state index contributed by atoms with van der Waals surface area (Å²) in [5.41, 5.74) is -2.88. The number of rotatable bonds is 6. The molecule has 0 saturated carbocycles. The number of hydrogen-bond acceptors (Lipinski definition) is 6. The molecule has 0 fully saturated rings. The minimum atomic E-state index is -2.34. The van der Waals surface area contributed by atoms with Gasteiger partial charge >= 0.3 is 5.97 Å². The number of carbonyl (C=O) groups is 2. The van der Waals surface area contributed by atoms with Crippen LogP contribution in [0.5, 0.6) is 5.75 Å². The summed E-state index contributed by atoms with van der Waals surface area (Å²) in [6, 6.07) is 8.66. The summed E-state index contributed by atoms with van der Waals surface area (Å²) in [6.07, 6.45) is 0. The van der Waals surface area contributed by atoms with Crippen LogP contribution in [0.2, 0.25) is 0 Å². The van der Waals surface area contributed by atoms with Crippen molar-refractivity contribution in [1.29, 1.82) is 0 Å². The van der Waals surface area contributed by atoms with Crippen molar-refractivity contribution < 1.29 is 41.0 Å². The maximum Gasteiger partial charge on any atom is 0.336 e. The smallest absolute Gasteiger partial charge is 0.336 e. The largest absolute Gasteiger partial charge is 0.484 e. The Hall–Kier alpha value is -3.44. The first-order valence-corrected chi connectivity index (χ1v) is 11.3. The summed E-state index contributed by atoms with van der Waals surface area (Å²) >= 11 is 0. The van der Waals surface area contributed by atoms with Gasteiger partial charge in [0.15, 0.2) is 29.1 Å². The number of esters is 1. The highest BCUT2D eigenvalue weighted by molar-refractivity contribution is 6.04. The van der Waals surface area contributed by atoms with Gasteiger partial charge in [-0.3, -0.25) is 4.79 Å². The standard InChI is InChI=1S/C26H23F5N2O4.ClH/c1-12-16(25(35)36-11-26(2,3)37-13-7-5-4-6-8-13)18(17-14(33-12)9-32-10-15(17)34)19-20(27)22(29)24(31)23(30)21(19)28;/h4-8,18,32-33H,9-11H2,1-3H3;1H. The Labute approximate surface area is 221 Å². The third-order valence-corrected chi connectivity index (χ3v) is 5.97. The van der Waals surface area contributed by atoms with Crippen LogP contribution in [-0.2, 0) is 14.3 Å². The van der Waals surface area contributed by atoms with E-state index in [4.69, 9.17) is 9.47 Å². The van der Waals surface area contributed by atoms with E-state index < -0.39 is 63.5 Å². The molecule has 0 aromatic heterocycles. The van der Waals surface area contributed by atoms with E-state index in [2.05, 4.69) is 10.6 Å². The lowest BCUT2D eigenvalue weighted by molar-refractivity contribution is -0.144. The number of allylic oxidation sites excluding steroid dienone is 1. The average Bonchev–Trinajstić information content (AvgIpc) is 2.85. The molecule has 0 aliphatic carbocycles. The molecule has 0 radical (unpaired) electrons. The molecule has 12 heteroatoms. The van der Waals surface area contributed by atoms with Crippen molar-refractivity contribution in [3.8, 4) is 5.75 Å². The third kappa shape index (κ3) is 5.39. The van der Waals surface area contributed by atoms with Gasteiger partial charge in [0.2, 0.25) is 5.82 Å². The van der Waals surface area contributed by atoms with Gasteiger partial charge in [-0.05, 0) is 32.9 Å². The van der Waals surface area contributed by atoms with Crippen LogP contribution in [0, 0.1) is 29.1 Å². The second-order valence-corrected chi connectivity index (χ2v) is 9.25. The van der Waals surface area contributed by atoms with E-state index in [1.165, 1.54) is 6.92 Å². The molecule has 4 rings (SSSR count). The average molecular weight is 559 g/mol. The molecule has 0 amide bonds. The van der Waals surface area contributed by atoms with Crippen LogP contribution in [0.4, 0.5) is 22.0 Å². The van der Waals surface area contributed by atoms with E-state index in [1.807, 2.05) is 0 Å². The van der Waals surface area contributed by atoms with E-state index in [-0.39, 0.29) is 49.1 Å². The molecular weight excluding hydrogens is 535 g/mol. The van der Waals surface area contributed by atoms with Crippen molar-refractivity contribution in [1.82, 2.24) is 10.6 Å². The van der Waals surface area contributed by atoms with E-state index in [9.17, 15) is 31.5 Å². The molecule has 2 aromatic carbocycles. The van der Waals surface area contributed by atoms with Crippen molar-refractivity contribution in [3.05, 3.63) is 87.5 Å². The van der Waals surface area contributed by atoms with E-state index >= 15 is 0 Å². The third-order valence-electron chi connectivity index (χ3n) is 5.97. The Morgan fingerprint density at radius 1 is 0.974 bits per heavy atom. The maximum absolute atomic E-state index is 15.0. The highest BCUT2D eigenvalue weighted by atomic mass is 35.5. The van der Waals surface area contributed by atoms with Gasteiger partial charge in [0, 0.05) is 29.1 Å². The number of hydrogen-bond donors (Lipinski definition) is 2. The molecule has 2 N–H and O–H groups in total. The van der Waals surface area contributed by atoms with Gasteiger partial charge in [-0.15, -0.1) is 12.4 Å². The number of halogens is 6. The number of ether oxygens (including phenoxy) is 2. The first kappa shape index (κ1) is 29.1. The minimum Gasteiger partial charge on any atom is -0.484 e. The topological polar surface area (TPSA) is 76.7 Å². The first-order valence-electron chi connectivity index (χ1n) is 11.3. The first-order chi connectivity index (χ1) is 17.4. The molecule has 6 nitrogen and oxygen atoms in total. The van der Waals surface area contributed by atoms with Crippen LogP contribution in [0.3, 0.4) is 0 Å².